The number of carbonyl (C=O) groups is 1. The molecule has 0 spiro atoms. The summed E-state index contributed by atoms with van der Waals surface area (Å²) in [5.41, 5.74) is 5.85. The lowest BCUT2D eigenvalue weighted by molar-refractivity contribution is -0.126. The number of nitrogens with zero attached hydrogens (tertiary/aromatic N) is 1. The smallest absolute Gasteiger partial charge is 0.221 e. The van der Waals surface area contributed by atoms with Crippen LogP contribution >= 0.6 is 36.2 Å². The molecule has 2 saturated carbocycles. The van der Waals surface area contributed by atoms with Gasteiger partial charge in [0.25, 0.3) is 0 Å². The molecule has 7 heteroatoms. The van der Waals surface area contributed by atoms with Gasteiger partial charge in [0, 0.05) is 18.0 Å². The van der Waals surface area contributed by atoms with E-state index in [2.05, 4.69) is 10.3 Å². The molecule has 2 aliphatic rings. The largest absolute Gasteiger partial charge is 0.344 e. The molecule has 0 atom stereocenters. The van der Waals surface area contributed by atoms with Gasteiger partial charge in [0.2, 0.25) is 5.91 Å². The quantitative estimate of drug-likeness (QED) is 0.788. The van der Waals surface area contributed by atoms with E-state index >= 15 is 0 Å². The Kier molecular flexibility index (Phi) is 8.46. The van der Waals surface area contributed by atoms with Crippen LogP contribution in [0.1, 0.15) is 69.2 Å². The van der Waals surface area contributed by atoms with Gasteiger partial charge in [-0.3, -0.25) is 4.79 Å². The lowest BCUT2D eigenvalue weighted by Crippen LogP contribution is -2.47. The molecule has 1 aromatic rings. The molecule has 0 saturated heterocycles. The summed E-state index contributed by atoms with van der Waals surface area (Å²) >= 11 is 1.66. The molecule has 0 aromatic carbocycles. The minimum atomic E-state index is -0.213. The van der Waals surface area contributed by atoms with Crippen molar-refractivity contribution in [3.8, 4) is 0 Å². The third-order valence-electron chi connectivity index (χ3n) is 5.56. The topological polar surface area (TPSA) is 68.0 Å². The van der Waals surface area contributed by atoms with Gasteiger partial charge in [-0.15, -0.1) is 36.2 Å². The fourth-order valence-electron chi connectivity index (χ4n) is 4.24. The highest BCUT2D eigenvalue weighted by atomic mass is 35.5. The maximum absolute atomic E-state index is 12.7. The number of hydrogen-bond donors (Lipinski definition) is 2. The maximum atomic E-state index is 12.7. The molecular weight excluding hydrogens is 365 g/mol. The van der Waals surface area contributed by atoms with Crippen LogP contribution in [0.2, 0.25) is 0 Å². The van der Waals surface area contributed by atoms with Crippen LogP contribution in [0.15, 0.2) is 11.6 Å². The summed E-state index contributed by atoms with van der Waals surface area (Å²) in [7, 11) is 0. The van der Waals surface area contributed by atoms with Crippen molar-refractivity contribution >= 4 is 42.1 Å². The Bertz CT molecular complexity index is 498. The van der Waals surface area contributed by atoms with Crippen molar-refractivity contribution in [2.24, 2.45) is 11.1 Å². The van der Waals surface area contributed by atoms with Crippen molar-refractivity contribution in [1.29, 1.82) is 0 Å². The molecule has 138 valence electrons. The molecule has 2 aliphatic carbocycles. The molecule has 1 heterocycles. The second-order valence-corrected chi connectivity index (χ2v) is 8.01. The summed E-state index contributed by atoms with van der Waals surface area (Å²) < 4.78 is 0. The van der Waals surface area contributed by atoms with E-state index in [1.165, 1.54) is 32.1 Å². The number of hydrogen-bond acceptors (Lipinski definition) is 4. The zero-order chi connectivity index (χ0) is 15.5. The first-order valence-electron chi connectivity index (χ1n) is 8.59. The maximum Gasteiger partial charge on any atom is 0.221 e. The lowest BCUT2D eigenvalue weighted by Gasteiger charge is -2.37. The fraction of sp³-hybridized carbons (Fsp3) is 0.765. The van der Waals surface area contributed by atoms with E-state index < -0.39 is 0 Å². The normalized spacial score (nSPS) is 21.4. The third-order valence-corrected chi connectivity index (χ3v) is 6.54. The second-order valence-electron chi connectivity index (χ2n) is 7.12. The van der Waals surface area contributed by atoms with E-state index in [1.54, 1.807) is 11.3 Å². The Labute approximate surface area is 161 Å². The van der Waals surface area contributed by atoms with Crippen LogP contribution in [0, 0.1) is 5.41 Å². The first kappa shape index (κ1) is 21.7. The van der Waals surface area contributed by atoms with Gasteiger partial charge in [-0.25, -0.2) is 4.98 Å². The van der Waals surface area contributed by atoms with Gasteiger partial charge >= 0.3 is 0 Å². The van der Waals surface area contributed by atoms with E-state index in [0.29, 0.717) is 13.0 Å². The van der Waals surface area contributed by atoms with Gasteiger partial charge in [-0.05, 0) is 37.6 Å². The minimum Gasteiger partial charge on any atom is -0.344 e. The first-order valence-corrected chi connectivity index (χ1v) is 9.47. The van der Waals surface area contributed by atoms with Crippen molar-refractivity contribution in [3.63, 3.8) is 0 Å². The predicted octanol–water partition coefficient (Wildman–Crippen LogP) is 4.17. The van der Waals surface area contributed by atoms with Crippen LogP contribution in [0.4, 0.5) is 0 Å². The Morgan fingerprint density at radius 2 is 1.75 bits per heavy atom. The second kappa shape index (κ2) is 9.37. The Hall–Kier alpha value is -0.360. The number of rotatable bonds is 5. The van der Waals surface area contributed by atoms with E-state index in [4.69, 9.17) is 5.73 Å². The van der Waals surface area contributed by atoms with Crippen LogP contribution in [0.25, 0.3) is 0 Å². The van der Waals surface area contributed by atoms with Gasteiger partial charge in [-0.2, -0.15) is 0 Å². The summed E-state index contributed by atoms with van der Waals surface area (Å²) in [6, 6.07) is 0. The highest BCUT2D eigenvalue weighted by Gasteiger charge is 2.41. The van der Waals surface area contributed by atoms with E-state index in [9.17, 15) is 4.79 Å². The number of aromatic nitrogens is 1. The van der Waals surface area contributed by atoms with Gasteiger partial charge < -0.3 is 11.1 Å². The standard InChI is InChI=1S/C17H27N3OS.2ClH/c18-13-16(6-2-1-3-7-16)12-14(21)20-17(8-4-5-9-17)15-19-10-11-22-15;;/h10-11H,1-9,12-13,18H2,(H,20,21);2*1H. The number of halogens is 2. The zero-order valence-electron chi connectivity index (χ0n) is 14.1. The highest BCUT2D eigenvalue weighted by molar-refractivity contribution is 7.09. The van der Waals surface area contributed by atoms with Gasteiger partial charge in [0.1, 0.15) is 5.01 Å². The average molecular weight is 394 g/mol. The monoisotopic (exact) mass is 393 g/mol. The SMILES string of the molecule is Cl.Cl.NCC1(CC(=O)NC2(c3nccs3)CCCC2)CCCCC1. The molecule has 24 heavy (non-hydrogen) atoms. The average Bonchev–Trinajstić information content (AvgIpc) is 3.19. The van der Waals surface area contributed by atoms with Crippen molar-refractivity contribution in [1.82, 2.24) is 10.3 Å². The van der Waals surface area contributed by atoms with E-state index in [1.807, 2.05) is 11.6 Å². The molecule has 3 N–H and O–H groups in total. The molecule has 0 aliphatic heterocycles. The number of carbonyl (C=O) groups excluding carboxylic acids is 1. The van der Waals surface area contributed by atoms with Crippen LogP contribution in [-0.2, 0) is 10.3 Å². The fourth-order valence-corrected chi connectivity index (χ4v) is 5.09. The van der Waals surface area contributed by atoms with E-state index in [-0.39, 0.29) is 41.7 Å². The van der Waals surface area contributed by atoms with Crippen molar-refractivity contribution < 1.29 is 4.79 Å². The number of thiazole rings is 1. The summed E-state index contributed by atoms with van der Waals surface area (Å²) in [5.74, 6) is 0.171. The molecule has 4 nitrogen and oxygen atoms in total. The molecule has 1 aromatic heterocycles. The zero-order valence-corrected chi connectivity index (χ0v) is 16.5. The van der Waals surface area contributed by atoms with Gasteiger partial charge in [0.15, 0.2) is 0 Å². The van der Waals surface area contributed by atoms with Gasteiger partial charge in [-0.1, -0.05) is 32.1 Å². The number of nitrogens with one attached hydrogen (secondary N) is 1. The molecule has 1 amide bonds. The van der Waals surface area contributed by atoms with Crippen LogP contribution in [0.5, 0.6) is 0 Å². The third kappa shape index (κ3) is 4.63. The molecule has 0 unspecified atom stereocenters. The Balaban J connectivity index is 0.00000144. The predicted molar refractivity (Wildman–Crippen MR) is 104 cm³/mol. The Morgan fingerprint density at radius 1 is 1.12 bits per heavy atom. The Morgan fingerprint density at radius 3 is 2.29 bits per heavy atom. The molecule has 3 rings (SSSR count). The highest BCUT2D eigenvalue weighted by Crippen LogP contribution is 2.42. The number of amides is 1. The summed E-state index contributed by atoms with van der Waals surface area (Å²) in [4.78, 5) is 17.2. The molecule has 0 bridgehead atoms. The first-order chi connectivity index (χ1) is 10.7. The van der Waals surface area contributed by atoms with Crippen LogP contribution in [0.3, 0.4) is 0 Å². The molecule has 0 radical (unpaired) electrons. The summed E-state index contributed by atoms with van der Waals surface area (Å²) in [6.45, 7) is 0.630. The van der Waals surface area contributed by atoms with Crippen LogP contribution < -0.4 is 11.1 Å². The lowest BCUT2D eigenvalue weighted by atomic mass is 9.71. The number of nitrogens with two attached hydrogens (primary N) is 1. The minimum absolute atomic E-state index is 0. The van der Waals surface area contributed by atoms with Crippen molar-refractivity contribution in [2.45, 2.75) is 69.7 Å². The van der Waals surface area contributed by atoms with Gasteiger partial charge in [0.05, 0.1) is 5.54 Å². The van der Waals surface area contributed by atoms with Crippen molar-refractivity contribution in [3.05, 3.63) is 16.6 Å². The molecule has 2 fully saturated rings. The van der Waals surface area contributed by atoms with E-state index in [0.717, 1.165) is 30.7 Å². The summed E-state index contributed by atoms with van der Waals surface area (Å²) in [5, 5.41) is 6.43. The van der Waals surface area contributed by atoms with Crippen LogP contribution in [-0.4, -0.2) is 17.4 Å². The molecular formula is C17H29Cl2N3OS. The van der Waals surface area contributed by atoms with Crippen molar-refractivity contribution in [2.75, 3.05) is 6.54 Å². The summed E-state index contributed by atoms with van der Waals surface area (Å²) in [6.07, 6.45) is 12.7.